The van der Waals surface area contributed by atoms with Crippen molar-refractivity contribution in [3.8, 4) is 5.75 Å². The van der Waals surface area contributed by atoms with Crippen LogP contribution in [0.1, 0.15) is 43.7 Å². The molecule has 1 saturated heterocycles. The van der Waals surface area contributed by atoms with Gasteiger partial charge in [0.05, 0.1) is 18.0 Å². The van der Waals surface area contributed by atoms with Crippen LogP contribution in [-0.4, -0.2) is 33.9 Å². The molecule has 6 heteroatoms. The summed E-state index contributed by atoms with van der Waals surface area (Å²) in [6, 6.07) is 3.90. The third kappa shape index (κ3) is 4.61. The number of sulfonamides is 1. The van der Waals surface area contributed by atoms with Gasteiger partial charge >= 0.3 is 0 Å². The number of hydrogen-bond donors (Lipinski definition) is 2. The van der Waals surface area contributed by atoms with Crippen LogP contribution in [0, 0.1) is 6.92 Å². The molecule has 124 valence electrons. The van der Waals surface area contributed by atoms with E-state index in [1.54, 1.807) is 0 Å². The number of rotatable bonds is 5. The topological polar surface area (TPSA) is 67.4 Å². The average molecular weight is 326 g/mol. The first-order valence-electron chi connectivity index (χ1n) is 7.76. The van der Waals surface area contributed by atoms with Crippen LogP contribution in [0.5, 0.6) is 5.75 Å². The minimum atomic E-state index is -3.33. The van der Waals surface area contributed by atoms with Gasteiger partial charge in [-0.1, -0.05) is 0 Å². The van der Waals surface area contributed by atoms with Crippen LogP contribution in [-0.2, 0) is 10.0 Å². The molecule has 0 amide bonds. The van der Waals surface area contributed by atoms with Crippen LogP contribution < -0.4 is 14.8 Å². The molecule has 2 N–H and O–H groups in total. The fourth-order valence-electron chi connectivity index (χ4n) is 2.91. The van der Waals surface area contributed by atoms with E-state index in [4.69, 9.17) is 4.74 Å². The van der Waals surface area contributed by atoms with Gasteiger partial charge in [-0.2, -0.15) is 0 Å². The molecule has 0 aliphatic carbocycles. The number of ether oxygens (including phenoxy) is 1. The quantitative estimate of drug-likeness (QED) is 0.873. The van der Waals surface area contributed by atoms with E-state index in [2.05, 4.69) is 10.0 Å². The molecule has 1 aliphatic rings. The van der Waals surface area contributed by atoms with E-state index in [0.29, 0.717) is 17.4 Å². The predicted molar refractivity (Wildman–Crippen MR) is 90.3 cm³/mol. The van der Waals surface area contributed by atoms with Crippen molar-refractivity contribution in [1.29, 1.82) is 0 Å². The third-order valence-electron chi connectivity index (χ3n) is 3.81. The summed E-state index contributed by atoms with van der Waals surface area (Å²) in [6.45, 7) is 7.95. The van der Waals surface area contributed by atoms with Crippen molar-refractivity contribution in [1.82, 2.24) is 5.32 Å². The molecule has 0 atom stereocenters. The molecule has 1 fully saturated rings. The summed E-state index contributed by atoms with van der Waals surface area (Å²) in [5.74, 6) is 1.11. The van der Waals surface area contributed by atoms with E-state index in [1.165, 1.54) is 5.56 Å². The number of nitrogens with one attached hydrogen (secondary N) is 2. The lowest BCUT2D eigenvalue weighted by atomic mass is 9.87. The van der Waals surface area contributed by atoms with Gasteiger partial charge in [-0.05, 0) is 75.9 Å². The Labute approximate surface area is 133 Å². The molecule has 0 unspecified atom stereocenters. The van der Waals surface area contributed by atoms with Gasteiger partial charge in [0, 0.05) is 0 Å². The molecule has 0 aromatic heterocycles. The molecule has 22 heavy (non-hydrogen) atoms. The van der Waals surface area contributed by atoms with Gasteiger partial charge in [-0.15, -0.1) is 0 Å². The Kier molecular flexibility index (Phi) is 5.34. The second kappa shape index (κ2) is 6.87. The Morgan fingerprint density at radius 1 is 1.27 bits per heavy atom. The zero-order valence-electron chi connectivity index (χ0n) is 13.8. The highest BCUT2D eigenvalue weighted by atomic mass is 32.2. The van der Waals surface area contributed by atoms with Gasteiger partial charge in [-0.25, -0.2) is 8.42 Å². The normalized spacial score (nSPS) is 16.8. The Hall–Kier alpha value is -1.27. The fourth-order valence-corrected chi connectivity index (χ4v) is 3.47. The first kappa shape index (κ1) is 17.1. The molecular weight excluding hydrogens is 300 g/mol. The molecule has 5 nitrogen and oxygen atoms in total. The van der Waals surface area contributed by atoms with Crippen molar-refractivity contribution in [3.63, 3.8) is 0 Å². The number of piperidine rings is 1. The smallest absolute Gasteiger partial charge is 0.229 e. The molecular formula is C16H26N2O3S. The number of benzene rings is 1. The van der Waals surface area contributed by atoms with Crippen LogP contribution in [0.25, 0.3) is 0 Å². The molecule has 1 aromatic rings. The van der Waals surface area contributed by atoms with Crippen LogP contribution >= 0.6 is 0 Å². The van der Waals surface area contributed by atoms with E-state index in [0.717, 1.165) is 37.8 Å². The number of hydrogen-bond acceptors (Lipinski definition) is 4. The van der Waals surface area contributed by atoms with Crippen LogP contribution in [0.3, 0.4) is 0 Å². The summed E-state index contributed by atoms with van der Waals surface area (Å²) in [5, 5.41) is 3.37. The van der Waals surface area contributed by atoms with Gasteiger partial charge < -0.3 is 10.1 Å². The zero-order valence-corrected chi connectivity index (χ0v) is 14.6. The van der Waals surface area contributed by atoms with Gasteiger partial charge in [0.15, 0.2) is 0 Å². The second-order valence-electron chi connectivity index (χ2n) is 6.27. The minimum absolute atomic E-state index is 0.0105. The van der Waals surface area contributed by atoms with Crippen molar-refractivity contribution < 1.29 is 13.2 Å². The van der Waals surface area contributed by atoms with Gasteiger partial charge in [0.1, 0.15) is 5.75 Å². The lowest BCUT2D eigenvalue weighted by molar-refractivity contribution is 0.243. The molecule has 0 saturated carbocycles. The molecule has 1 aromatic carbocycles. The maximum atomic E-state index is 11.6. The maximum absolute atomic E-state index is 11.6. The van der Waals surface area contributed by atoms with Gasteiger partial charge in [0.2, 0.25) is 10.0 Å². The van der Waals surface area contributed by atoms with Crippen LogP contribution in [0.2, 0.25) is 0 Å². The highest BCUT2D eigenvalue weighted by Gasteiger charge is 2.20. The molecule has 0 spiro atoms. The van der Waals surface area contributed by atoms with E-state index in [9.17, 15) is 8.42 Å². The minimum Gasteiger partial charge on any atom is -0.489 e. The lowest BCUT2D eigenvalue weighted by Crippen LogP contribution is -2.27. The SMILES string of the molecule is Cc1cc(NS(C)(=O)=O)c(OC(C)C)cc1C1CCNCC1. The lowest BCUT2D eigenvalue weighted by Gasteiger charge is -2.26. The molecule has 1 heterocycles. The van der Waals surface area contributed by atoms with Crippen molar-refractivity contribution in [2.45, 2.75) is 45.6 Å². The standard InChI is InChI=1S/C16H26N2O3S/c1-11(2)21-16-10-14(13-5-7-17-8-6-13)12(3)9-15(16)18-22(4,19)20/h9-11,13,17-18H,5-8H2,1-4H3. The Morgan fingerprint density at radius 2 is 1.91 bits per heavy atom. The first-order valence-corrected chi connectivity index (χ1v) is 9.65. The third-order valence-corrected chi connectivity index (χ3v) is 4.40. The number of anilines is 1. The monoisotopic (exact) mass is 326 g/mol. The summed E-state index contributed by atoms with van der Waals surface area (Å²) in [6.07, 6.45) is 3.34. The number of aryl methyl sites for hydroxylation is 1. The summed E-state index contributed by atoms with van der Waals surface area (Å²) >= 11 is 0. The van der Waals surface area contributed by atoms with E-state index in [-0.39, 0.29) is 6.10 Å². The van der Waals surface area contributed by atoms with Gasteiger partial charge in [-0.3, -0.25) is 4.72 Å². The summed E-state index contributed by atoms with van der Waals surface area (Å²) in [7, 11) is -3.33. The van der Waals surface area contributed by atoms with Crippen molar-refractivity contribution in [2.24, 2.45) is 0 Å². The van der Waals surface area contributed by atoms with E-state index >= 15 is 0 Å². The molecule has 0 bridgehead atoms. The highest BCUT2D eigenvalue weighted by Crippen LogP contribution is 2.36. The predicted octanol–water partition coefficient (Wildman–Crippen LogP) is 2.62. The maximum Gasteiger partial charge on any atom is 0.229 e. The summed E-state index contributed by atoms with van der Waals surface area (Å²) in [5.41, 5.74) is 2.89. The Balaban J connectivity index is 2.40. The molecule has 2 rings (SSSR count). The summed E-state index contributed by atoms with van der Waals surface area (Å²) < 4.78 is 31.5. The second-order valence-corrected chi connectivity index (χ2v) is 8.02. The summed E-state index contributed by atoms with van der Waals surface area (Å²) in [4.78, 5) is 0. The first-order chi connectivity index (χ1) is 10.3. The van der Waals surface area contributed by atoms with E-state index < -0.39 is 10.0 Å². The Bertz CT molecular complexity index is 621. The highest BCUT2D eigenvalue weighted by molar-refractivity contribution is 7.92. The van der Waals surface area contributed by atoms with Crippen molar-refractivity contribution in [3.05, 3.63) is 23.3 Å². The van der Waals surface area contributed by atoms with Crippen molar-refractivity contribution in [2.75, 3.05) is 24.1 Å². The van der Waals surface area contributed by atoms with Crippen LogP contribution in [0.15, 0.2) is 12.1 Å². The van der Waals surface area contributed by atoms with Gasteiger partial charge in [0.25, 0.3) is 0 Å². The van der Waals surface area contributed by atoms with Crippen LogP contribution in [0.4, 0.5) is 5.69 Å². The fraction of sp³-hybridized carbons (Fsp3) is 0.625. The molecule has 1 aliphatic heterocycles. The van der Waals surface area contributed by atoms with E-state index in [1.807, 2.05) is 32.9 Å². The zero-order chi connectivity index (χ0) is 16.3. The van der Waals surface area contributed by atoms with Crippen molar-refractivity contribution >= 4 is 15.7 Å². The molecule has 0 radical (unpaired) electrons. The Morgan fingerprint density at radius 3 is 2.45 bits per heavy atom. The largest absolute Gasteiger partial charge is 0.489 e. The average Bonchev–Trinajstić information content (AvgIpc) is 2.40.